The van der Waals surface area contributed by atoms with Crippen molar-refractivity contribution in [3.8, 4) is 0 Å². The van der Waals surface area contributed by atoms with Gasteiger partial charge in [-0.05, 0) is 57.3 Å². The van der Waals surface area contributed by atoms with Gasteiger partial charge in [0.15, 0.2) is 0 Å². The lowest BCUT2D eigenvalue weighted by molar-refractivity contribution is 0.138. The Morgan fingerprint density at radius 2 is 2.10 bits per heavy atom. The van der Waals surface area contributed by atoms with Crippen molar-refractivity contribution in [3.63, 3.8) is 0 Å². The zero-order valence-electron chi connectivity index (χ0n) is 13.4. The van der Waals surface area contributed by atoms with Gasteiger partial charge < -0.3 is 10.2 Å². The molecule has 1 aromatic carbocycles. The van der Waals surface area contributed by atoms with Gasteiger partial charge in [0.2, 0.25) is 0 Å². The number of hydrogen-bond donors (Lipinski definition) is 1. The molecule has 1 saturated heterocycles. The van der Waals surface area contributed by atoms with E-state index in [1.54, 1.807) is 0 Å². The van der Waals surface area contributed by atoms with Crippen LogP contribution in [0.5, 0.6) is 0 Å². The number of likely N-dealkylation sites (tertiary alicyclic amines) is 1. The summed E-state index contributed by atoms with van der Waals surface area (Å²) >= 11 is 0. The molecule has 2 heteroatoms. The molecule has 2 rings (SSSR count). The second-order valence-electron chi connectivity index (χ2n) is 6.08. The van der Waals surface area contributed by atoms with Crippen LogP contribution >= 0.6 is 0 Å². The average Bonchev–Trinajstić information content (AvgIpc) is 2.50. The van der Waals surface area contributed by atoms with E-state index < -0.39 is 0 Å². The monoisotopic (exact) mass is 274 g/mol. The summed E-state index contributed by atoms with van der Waals surface area (Å²) in [7, 11) is 2.09. The standard InChI is InChI=1S/C18H30N2/c1-4-16-10-7-8-13-20(16)14-12-18(19-3)17-11-6-5-9-15(17)2/h5-6,9,11,16,18-19H,4,7-8,10,12-14H2,1-3H3. The Morgan fingerprint density at radius 3 is 2.80 bits per heavy atom. The van der Waals surface area contributed by atoms with Gasteiger partial charge in [-0.3, -0.25) is 0 Å². The highest BCUT2D eigenvalue weighted by Crippen LogP contribution is 2.24. The van der Waals surface area contributed by atoms with E-state index in [2.05, 4.69) is 55.4 Å². The summed E-state index contributed by atoms with van der Waals surface area (Å²) < 4.78 is 0. The van der Waals surface area contributed by atoms with Crippen LogP contribution in [0.15, 0.2) is 24.3 Å². The third-order valence-electron chi connectivity index (χ3n) is 4.84. The fourth-order valence-electron chi connectivity index (χ4n) is 3.54. The third-order valence-corrected chi connectivity index (χ3v) is 4.84. The molecule has 2 nitrogen and oxygen atoms in total. The third kappa shape index (κ3) is 3.83. The predicted molar refractivity (Wildman–Crippen MR) is 87.1 cm³/mol. The Labute approximate surface area is 124 Å². The summed E-state index contributed by atoms with van der Waals surface area (Å²) in [4.78, 5) is 2.71. The van der Waals surface area contributed by atoms with Crippen LogP contribution in [0, 0.1) is 6.92 Å². The SMILES string of the molecule is CCC1CCCCN1CCC(NC)c1ccccc1C. The van der Waals surface area contributed by atoms with Crippen molar-refractivity contribution in [1.82, 2.24) is 10.2 Å². The summed E-state index contributed by atoms with van der Waals surface area (Å²) in [5, 5.41) is 3.50. The van der Waals surface area contributed by atoms with E-state index in [0.717, 1.165) is 6.04 Å². The van der Waals surface area contributed by atoms with Crippen LogP contribution in [0.1, 0.15) is 56.2 Å². The van der Waals surface area contributed by atoms with Gasteiger partial charge in [0.05, 0.1) is 0 Å². The van der Waals surface area contributed by atoms with Gasteiger partial charge in [-0.1, -0.05) is 37.6 Å². The maximum absolute atomic E-state index is 3.50. The van der Waals surface area contributed by atoms with Crippen LogP contribution < -0.4 is 5.32 Å². The second-order valence-corrected chi connectivity index (χ2v) is 6.08. The first-order valence-corrected chi connectivity index (χ1v) is 8.23. The lowest BCUT2D eigenvalue weighted by atomic mass is 9.96. The molecular formula is C18H30N2. The zero-order valence-corrected chi connectivity index (χ0v) is 13.4. The lowest BCUT2D eigenvalue weighted by Crippen LogP contribution is -2.40. The average molecular weight is 274 g/mol. The van der Waals surface area contributed by atoms with E-state index in [4.69, 9.17) is 0 Å². The number of rotatable bonds is 6. The second kappa shape index (κ2) is 7.80. The molecule has 0 radical (unpaired) electrons. The molecule has 0 aromatic heterocycles. The summed E-state index contributed by atoms with van der Waals surface area (Å²) in [6, 6.07) is 10.1. The molecule has 1 aliphatic heterocycles. The van der Waals surface area contributed by atoms with Crippen LogP contribution in [-0.2, 0) is 0 Å². The molecule has 1 heterocycles. The van der Waals surface area contributed by atoms with Gasteiger partial charge in [-0.25, -0.2) is 0 Å². The minimum Gasteiger partial charge on any atom is -0.313 e. The van der Waals surface area contributed by atoms with E-state index >= 15 is 0 Å². The Hall–Kier alpha value is -0.860. The fourth-order valence-corrected chi connectivity index (χ4v) is 3.54. The van der Waals surface area contributed by atoms with E-state index in [0.29, 0.717) is 6.04 Å². The Morgan fingerprint density at radius 1 is 1.30 bits per heavy atom. The van der Waals surface area contributed by atoms with Crippen LogP contribution in [-0.4, -0.2) is 31.1 Å². The number of hydrogen-bond acceptors (Lipinski definition) is 2. The van der Waals surface area contributed by atoms with Crippen molar-refractivity contribution in [2.24, 2.45) is 0 Å². The summed E-state index contributed by atoms with van der Waals surface area (Å²) in [5.41, 5.74) is 2.86. The Kier molecular flexibility index (Phi) is 6.06. The van der Waals surface area contributed by atoms with Crippen LogP contribution in [0.2, 0.25) is 0 Å². The summed E-state index contributed by atoms with van der Waals surface area (Å²) in [6.45, 7) is 7.07. The molecule has 0 saturated carbocycles. The van der Waals surface area contributed by atoms with Crippen molar-refractivity contribution >= 4 is 0 Å². The van der Waals surface area contributed by atoms with Crippen LogP contribution in [0.25, 0.3) is 0 Å². The molecule has 1 aromatic rings. The van der Waals surface area contributed by atoms with Crippen molar-refractivity contribution < 1.29 is 0 Å². The van der Waals surface area contributed by atoms with Crippen molar-refractivity contribution in [2.45, 2.75) is 58.0 Å². The maximum Gasteiger partial charge on any atom is 0.0332 e. The summed E-state index contributed by atoms with van der Waals surface area (Å²) in [5.74, 6) is 0. The molecule has 2 unspecified atom stereocenters. The molecule has 2 atom stereocenters. The number of aryl methyl sites for hydroxylation is 1. The molecule has 1 aliphatic rings. The van der Waals surface area contributed by atoms with Gasteiger partial charge in [-0.2, -0.15) is 0 Å². The van der Waals surface area contributed by atoms with E-state index in [1.807, 2.05) is 0 Å². The maximum atomic E-state index is 3.50. The highest BCUT2D eigenvalue weighted by molar-refractivity contribution is 5.28. The summed E-state index contributed by atoms with van der Waals surface area (Å²) in [6.07, 6.45) is 6.70. The smallest absolute Gasteiger partial charge is 0.0332 e. The Balaban J connectivity index is 1.95. The fraction of sp³-hybridized carbons (Fsp3) is 0.667. The van der Waals surface area contributed by atoms with Gasteiger partial charge in [0.1, 0.15) is 0 Å². The number of piperidine rings is 1. The van der Waals surface area contributed by atoms with Gasteiger partial charge in [0, 0.05) is 18.6 Å². The van der Waals surface area contributed by atoms with Crippen LogP contribution in [0.4, 0.5) is 0 Å². The van der Waals surface area contributed by atoms with E-state index in [1.165, 1.54) is 56.3 Å². The predicted octanol–water partition coefficient (Wildman–Crippen LogP) is 3.91. The zero-order chi connectivity index (χ0) is 14.4. The van der Waals surface area contributed by atoms with Crippen molar-refractivity contribution in [3.05, 3.63) is 35.4 Å². The number of nitrogens with zero attached hydrogens (tertiary/aromatic N) is 1. The minimum absolute atomic E-state index is 0.482. The highest BCUT2D eigenvalue weighted by atomic mass is 15.2. The minimum atomic E-state index is 0.482. The number of nitrogens with one attached hydrogen (secondary N) is 1. The molecule has 0 bridgehead atoms. The molecular weight excluding hydrogens is 244 g/mol. The van der Waals surface area contributed by atoms with Gasteiger partial charge in [0.25, 0.3) is 0 Å². The first-order chi connectivity index (χ1) is 9.76. The molecule has 20 heavy (non-hydrogen) atoms. The quantitative estimate of drug-likeness (QED) is 0.846. The lowest BCUT2D eigenvalue weighted by Gasteiger charge is -2.36. The first kappa shape index (κ1) is 15.5. The normalized spacial score (nSPS) is 21.9. The first-order valence-electron chi connectivity index (χ1n) is 8.23. The highest BCUT2D eigenvalue weighted by Gasteiger charge is 2.21. The molecule has 0 spiro atoms. The largest absolute Gasteiger partial charge is 0.313 e. The van der Waals surface area contributed by atoms with Crippen molar-refractivity contribution in [1.29, 1.82) is 0 Å². The van der Waals surface area contributed by atoms with E-state index in [-0.39, 0.29) is 0 Å². The Bertz CT molecular complexity index is 402. The molecule has 0 aliphatic carbocycles. The van der Waals surface area contributed by atoms with Gasteiger partial charge in [-0.15, -0.1) is 0 Å². The molecule has 112 valence electrons. The number of benzene rings is 1. The molecule has 1 N–H and O–H groups in total. The van der Waals surface area contributed by atoms with E-state index in [9.17, 15) is 0 Å². The molecule has 1 fully saturated rings. The topological polar surface area (TPSA) is 15.3 Å². The van der Waals surface area contributed by atoms with Crippen LogP contribution in [0.3, 0.4) is 0 Å². The van der Waals surface area contributed by atoms with Gasteiger partial charge >= 0.3 is 0 Å². The molecule has 0 amide bonds. The van der Waals surface area contributed by atoms with Crippen molar-refractivity contribution in [2.75, 3.05) is 20.1 Å².